The van der Waals surface area contributed by atoms with Crippen LogP contribution >= 0.6 is 23.2 Å². The Balaban J connectivity index is 1.78. The highest BCUT2D eigenvalue weighted by Gasteiger charge is 2.00. The second kappa shape index (κ2) is 6.62. The second-order valence-corrected chi connectivity index (χ2v) is 4.85. The number of halogens is 2. The van der Waals surface area contributed by atoms with Gasteiger partial charge in [-0.15, -0.1) is 0 Å². The maximum atomic E-state index is 6.11. The molecule has 1 N–H and O–H groups in total. The van der Waals surface area contributed by atoms with E-state index in [0.717, 1.165) is 35.7 Å². The number of aromatic amines is 1. The third-order valence-electron chi connectivity index (χ3n) is 2.63. The highest BCUT2D eigenvalue weighted by molar-refractivity contribution is 6.35. The number of hydrogen-bond acceptors (Lipinski definition) is 1. The molecule has 1 aromatic carbocycles. The molecule has 0 aliphatic heterocycles. The van der Waals surface area contributed by atoms with Gasteiger partial charge in [0.1, 0.15) is 5.82 Å². The number of nitrogens with one attached hydrogen (secondary N) is 1. The highest BCUT2D eigenvalue weighted by atomic mass is 35.5. The summed E-state index contributed by atoms with van der Waals surface area (Å²) >= 11 is 12.0. The minimum absolute atomic E-state index is 0.682. The van der Waals surface area contributed by atoms with Crippen molar-refractivity contribution in [3.63, 3.8) is 0 Å². The number of H-pyrrole nitrogens is 1. The van der Waals surface area contributed by atoms with E-state index in [1.807, 2.05) is 24.4 Å². The molecule has 4 heteroatoms. The van der Waals surface area contributed by atoms with Crippen molar-refractivity contribution in [3.8, 4) is 0 Å². The zero-order valence-electron chi connectivity index (χ0n) is 9.87. The van der Waals surface area contributed by atoms with Crippen molar-refractivity contribution in [2.45, 2.75) is 19.3 Å². The van der Waals surface area contributed by atoms with E-state index in [1.165, 1.54) is 0 Å². The number of nitrogens with zero attached hydrogens (tertiary/aromatic N) is 1. The summed E-state index contributed by atoms with van der Waals surface area (Å²) in [5.74, 6) is 0.888. The van der Waals surface area contributed by atoms with E-state index in [0.29, 0.717) is 5.02 Å². The third kappa shape index (κ3) is 3.90. The first kappa shape index (κ1) is 13.2. The van der Waals surface area contributed by atoms with Gasteiger partial charge in [0.15, 0.2) is 0 Å². The number of hydrogen-bond donors (Lipinski definition) is 1. The van der Waals surface area contributed by atoms with Crippen LogP contribution in [-0.4, -0.2) is 9.97 Å². The summed E-state index contributed by atoms with van der Waals surface area (Å²) in [6.45, 7) is 0. The lowest BCUT2D eigenvalue weighted by Gasteiger charge is -2.03. The van der Waals surface area contributed by atoms with Gasteiger partial charge < -0.3 is 4.98 Å². The van der Waals surface area contributed by atoms with Crippen LogP contribution in [0.3, 0.4) is 0 Å². The summed E-state index contributed by atoms with van der Waals surface area (Å²) in [4.78, 5) is 7.15. The molecular weight excluding hydrogens is 267 g/mol. The molecule has 2 rings (SSSR count). The number of imidazole rings is 1. The van der Waals surface area contributed by atoms with Crippen LogP contribution in [0.15, 0.2) is 36.7 Å². The maximum absolute atomic E-state index is 6.11. The molecule has 0 aliphatic rings. The largest absolute Gasteiger partial charge is 0.345 e. The summed E-state index contributed by atoms with van der Waals surface area (Å²) in [7, 11) is 0. The van der Waals surface area contributed by atoms with Gasteiger partial charge in [0, 0.05) is 22.4 Å². The smallest absolute Gasteiger partial charge is 0.129 e. The van der Waals surface area contributed by atoms with Gasteiger partial charge in [0.05, 0.1) is 0 Å². The average Bonchev–Trinajstić information content (AvgIpc) is 2.84. The molecule has 0 spiro atoms. The summed E-state index contributed by atoms with van der Waals surface area (Å²) in [6, 6.07) is 5.65. The molecule has 0 fully saturated rings. The van der Waals surface area contributed by atoms with Gasteiger partial charge in [0.25, 0.3) is 0 Å². The Bertz CT molecular complexity index is 519. The van der Waals surface area contributed by atoms with Gasteiger partial charge >= 0.3 is 0 Å². The van der Waals surface area contributed by atoms with Crippen LogP contribution in [-0.2, 0) is 6.42 Å². The first-order valence-corrected chi connectivity index (χ1v) is 6.61. The molecule has 0 amide bonds. The van der Waals surface area contributed by atoms with Gasteiger partial charge in [-0.25, -0.2) is 4.98 Å². The topological polar surface area (TPSA) is 28.7 Å². The van der Waals surface area contributed by atoms with Crippen molar-refractivity contribution in [2.75, 3.05) is 0 Å². The van der Waals surface area contributed by atoms with Crippen LogP contribution in [0.1, 0.15) is 24.2 Å². The third-order valence-corrected chi connectivity index (χ3v) is 3.21. The Morgan fingerprint density at radius 1 is 1.28 bits per heavy atom. The van der Waals surface area contributed by atoms with Crippen molar-refractivity contribution in [1.82, 2.24) is 9.97 Å². The fourth-order valence-corrected chi connectivity index (χ4v) is 2.20. The maximum Gasteiger partial charge on any atom is 0.129 e. The van der Waals surface area contributed by atoms with Crippen LogP contribution in [0.5, 0.6) is 0 Å². The molecule has 0 saturated carbocycles. The van der Waals surface area contributed by atoms with Crippen molar-refractivity contribution in [3.05, 3.63) is 58.1 Å². The average molecular weight is 281 g/mol. The summed E-state index contributed by atoms with van der Waals surface area (Å²) in [6.07, 6.45) is 10.7. The Morgan fingerprint density at radius 2 is 2.17 bits per heavy atom. The Labute approximate surface area is 117 Å². The minimum Gasteiger partial charge on any atom is -0.345 e. The van der Waals surface area contributed by atoms with Gasteiger partial charge in [0.2, 0.25) is 0 Å². The molecular formula is C14H14Cl2N2. The van der Waals surface area contributed by atoms with Crippen LogP contribution in [0.2, 0.25) is 10.0 Å². The lowest BCUT2D eigenvalue weighted by atomic mass is 10.1. The number of aromatic nitrogens is 2. The summed E-state index contributed by atoms with van der Waals surface area (Å²) < 4.78 is 0. The number of aryl methyl sites for hydroxylation is 1. The molecule has 18 heavy (non-hydrogen) atoms. The fraction of sp³-hybridized carbons (Fsp3) is 0.214. The zero-order chi connectivity index (χ0) is 12.8. The normalized spacial score (nSPS) is 11.2. The van der Waals surface area contributed by atoms with Crippen LogP contribution in [0.4, 0.5) is 0 Å². The lowest BCUT2D eigenvalue weighted by Crippen LogP contribution is -1.86. The van der Waals surface area contributed by atoms with Crippen molar-refractivity contribution >= 4 is 29.3 Å². The van der Waals surface area contributed by atoms with E-state index >= 15 is 0 Å². The van der Waals surface area contributed by atoms with Crippen LogP contribution < -0.4 is 0 Å². The van der Waals surface area contributed by atoms with E-state index in [1.54, 1.807) is 12.3 Å². The van der Waals surface area contributed by atoms with Gasteiger partial charge in [-0.05, 0) is 43.0 Å². The SMILES string of the molecule is Clc1ccc(CCCC=Cc2ncc[nH]2)c(Cl)c1. The number of unbranched alkanes of at least 4 members (excludes halogenated alkanes) is 1. The van der Waals surface area contributed by atoms with Crippen molar-refractivity contribution < 1.29 is 0 Å². The summed E-state index contributed by atoms with van der Waals surface area (Å²) in [5, 5.41) is 1.43. The Morgan fingerprint density at radius 3 is 2.89 bits per heavy atom. The van der Waals surface area contributed by atoms with E-state index in [9.17, 15) is 0 Å². The zero-order valence-corrected chi connectivity index (χ0v) is 11.4. The van der Waals surface area contributed by atoms with Crippen molar-refractivity contribution in [1.29, 1.82) is 0 Å². The van der Waals surface area contributed by atoms with E-state index < -0.39 is 0 Å². The second-order valence-electron chi connectivity index (χ2n) is 4.00. The van der Waals surface area contributed by atoms with Gasteiger partial charge in [-0.2, -0.15) is 0 Å². The molecule has 2 nitrogen and oxygen atoms in total. The van der Waals surface area contributed by atoms with Gasteiger partial charge in [-0.3, -0.25) is 0 Å². The van der Waals surface area contributed by atoms with Crippen LogP contribution in [0, 0.1) is 0 Å². The molecule has 0 atom stereocenters. The highest BCUT2D eigenvalue weighted by Crippen LogP contribution is 2.22. The monoisotopic (exact) mass is 280 g/mol. The molecule has 1 aromatic heterocycles. The standard InChI is InChI=1S/C14H14Cl2N2/c15-12-7-6-11(13(16)10-12)4-2-1-3-5-14-17-8-9-18-14/h3,5-10H,1-2,4H2,(H,17,18). The predicted molar refractivity (Wildman–Crippen MR) is 77.0 cm³/mol. The Kier molecular flexibility index (Phi) is 4.85. The number of allylic oxidation sites excluding steroid dienone is 1. The van der Waals surface area contributed by atoms with Gasteiger partial charge in [-0.1, -0.05) is 35.3 Å². The number of rotatable bonds is 5. The Hall–Kier alpha value is -1.25. The summed E-state index contributed by atoms with van der Waals surface area (Å²) in [5.41, 5.74) is 1.15. The molecule has 94 valence electrons. The lowest BCUT2D eigenvalue weighted by molar-refractivity contribution is 0.845. The van der Waals surface area contributed by atoms with E-state index in [-0.39, 0.29) is 0 Å². The molecule has 0 aliphatic carbocycles. The molecule has 0 radical (unpaired) electrons. The van der Waals surface area contributed by atoms with E-state index in [4.69, 9.17) is 23.2 Å². The molecule has 2 aromatic rings. The quantitative estimate of drug-likeness (QED) is 0.787. The molecule has 0 saturated heterocycles. The molecule has 0 bridgehead atoms. The number of benzene rings is 1. The van der Waals surface area contributed by atoms with Crippen molar-refractivity contribution in [2.24, 2.45) is 0 Å². The minimum atomic E-state index is 0.682. The first-order valence-electron chi connectivity index (χ1n) is 5.85. The predicted octanol–water partition coefficient (Wildman–Crippen LogP) is 4.75. The molecule has 1 heterocycles. The van der Waals surface area contributed by atoms with E-state index in [2.05, 4.69) is 16.0 Å². The fourth-order valence-electron chi connectivity index (χ4n) is 1.70. The first-order chi connectivity index (χ1) is 8.75. The molecule has 0 unspecified atom stereocenters. The van der Waals surface area contributed by atoms with Crippen LogP contribution in [0.25, 0.3) is 6.08 Å².